The molecule has 0 aliphatic rings. The number of benzene rings is 2. The van der Waals surface area contributed by atoms with Gasteiger partial charge in [0.1, 0.15) is 0 Å². The molecule has 0 fully saturated rings. The van der Waals surface area contributed by atoms with Crippen molar-refractivity contribution in [3.05, 3.63) is 71.3 Å². The average Bonchev–Trinajstić information content (AvgIpc) is 2.38. The summed E-state index contributed by atoms with van der Waals surface area (Å²) in [5.41, 5.74) is 2.43. The topological polar surface area (TPSA) is 37.3 Å². The van der Waals surface area contributed by atoms with Crippen molar-refractivity contribution in [3.63, 3.8) is 0 Å². The van der Waals surface area contributed by atoms with Gasteiger partial charge in [-0.1, -0.05) is 48.2 Å². The van der Waals surface area contributed by atoms with Crippen molar-refractivity contribution in [2.45, 2.75) is 6.42 Å². The predicted octanol–water partition coefficient (Wildman–Crippen LogP) is 2.71. The van der Waals surface area contributed by atoms with Crippen molar-refractivity contribution >= 4 is 5.97 Å². The van der Waals surface area contributed by atoms with Crippen LogP contribution < -0.4 is 0 Å². The summed E-state index contributed by atoms with van der Waals surface area (Å²) in [7, 11) is 0. The van der Waals surface area contributed by atoms with Crippen LogP contribution in [0.3, 0.4) is 0 Å². The zero-order valence-corrected chi connectivity index (χ0v) is 9.76. The molecular weight excluding hydrogens is 224 g/mol. The molecule has 0 spiro atoms. The van der Waals surface area contributed by atoms with Gasteiger partial charge in [0.05, 0.1) is 6.42 Å². The molecule has 0 unspecified atom stereocenters. The van der Waals surface area contributed by atoms with Crippen LogP contribution in [0.1, 0.15) is 16.7 Å². The third-order valence-corrected chi connectivity index (χ3v) is 2.47. The SMILES string of the molecule is O=C(O)Cc1ccccc1C#Cc1ccccc1. The maximum absolute atomic E-state index is 10.7. The van der Waals surface area contributed by atoms with Crippen LogP contribution in [0.2, 0.25) is 0 Å². The van der Waals surface area contributed by atoms with E-state index in [0.29, 0.717) is 0 Å². The quantitative estimate of drug-likeness (QED) is 0.814. The lowest BCUT2D eigenvalue weighted by Crippen LogP contribution is -2.01. The molecule has 0 heterocycles. The second-order valence-corrected chi connectivity index (χ2v) is 3.84. The van der Waals surface area contributed by atoms with E-state index in [1.165, 1.54) is 0 Å². The first-order valence-corrected chi connectivity index (χ1v) is 5.62. The molecule has 2 aromatic rings. The Morgan fingerprint density at radius 2 is 1.61 bits per heavy atom. The van der Waals surface area contributed by atoms with Crippen molar-refractivity contribution in [1.29, 1.82) is 0 Å². The van der Waals surface area contributed by atoms with Gasteiger partial charge in [0.15, 0.2) is 0 Å². The molecule has 2 rings (SSSR count). The number of carbonyl (C=O) groups is 1. The van der Waals surface area contributed by atoms with Crippen LogP contribution in [0.4, 0.5) is 0 Å². The normalized spacial score (nSPS) is 9.33. The zero-order chi connectivity index (χ0) is 12.8. The van der Waals surface area contributed by atoms with Gasteiger partial charge in [-0.25, -0.2) is 0 Å². The maximum atomic E-state index is 10.7. The first kappa shape index (κ1) is 11.9. The summed E-state index contributed by atoms with van der Waals surface area (Å²) in [6.07, 6.45) is -0.000354. The third kappa shape index (κ3) is 3.23. The molecule has 0 bridgehead atoms. The minimum absolute atomic E-state index is 0.000354. The molecule has 2 aromatic carbocycles. The summed E-state index contributed by atoms with van der Waals surface area (Å²) in [5, 5.41) is 8.83. The van der Waals surface area contributed by atoms with Crippen LogP contribution in [0.25, 0.3) is 0 Å². The van der Waals surface area contributed by atoms with Crippen molar-refractivity contribution in [3.8, 4) is 11.8 Å². The second kappa shape index (κ2) is 5.70. The number of hydrogen-bond donors (Lipinski definition) is 1. The van der Waals surface area contributed by atoms with Crippen molar-refractivity contribution in [1.82, 2.24) is 0 Å². The lowest BCUT2D eigenvalue weighted by atomic mass is 10.0. The van der Waals surface area contributed by atoms with Crippen LogP contribution in [-0.4, -0.2) is 11.1 Å². The summed E-state index contributed by atoms with van der Waals surface area (Å²) in [6.45, 7) is 0. The molecule has 2 nitrogen and oxygen atoms in total. The summed E-state index contributed by atoms with van der Waals surface area (Å²) >= 11 is 0. The van der Waals surface area contributed by atoms with Crippen molar-refractivity contribution < 1.29 is 9.90 Å². The molecule has 0 aliphatic carbocycles. The third-order valence-electron chi connectivity index (χ3n) is 2.47. The van der Waals surface area contributed by atoms with E-state index in [0.717, 1.165) is 16.7 Å². The monoisotopic (exact) mass is 236 g/mol. The summed E-state index contributed by atoms with van der Waals surface area (Å²) < 4.78 is 0. The number of aliphatic carboxylic acids is 1. The molecule has 88 valence electrons. The van der Waals surface area contributed by atoms with Crippen LogP contribution in [0.5, 0.6) is 0 Å². The Bertz CT molecular complexity index is 604. The fourth-order valence-electron chi connectivity index (χ4n) is 1.62. The first-order chi connectivity index (χ1) is 8.75. The fourth-order valence-corrected chi connectivity index (χ4v) is 1.62. The van der Waals surface area contributed by atoms with Gasteiger partial charge in [0, 0.05) is 11.1 Å². The smallest absolute Gasteiger partial charge is 0.307 e. The van der Waals surface area contributed by atoms with Crippen LogP contribution in [0.15, 0.2) is 54.6 Å². The van der Waals surface area contributed by atoms with Gasteiger partial charge in [-0.15, -0.1) is 0 Å². The van der Waals surface area contributed by atoms with Gasteiger partial charge in [0.25, 0.3) is 0 Å². The maximum Gasteiger partial charge on any atom is 0.307 e. The Kier molecular flexibility index (Phi) is 3.78. The largest absolute Gasteiger partial charge is 0.481 e. The molecule has 0 aromatic heterocycles. The van der Waals surface area contributed by atoms with Gasteiger partial charge in [0.2, 0.25) is 0 Å². The van der Waals surface area contributed by atoms with Crippen LogP contribution >= 0.6 is 0 Å². The van der Waals surface area contributed by atoms with E-state index >= 15 is 0 Å². The predicted molar refractivity (Wildman–Crippen MR) is 70.2 cm³/mol. The highest BCUT2D eigenvalue weighted by molar-refractivity contribution is 5.71. The molecule has 0 saturated heterocycles. The molecule has 1 N–H and O–H groups in total. The number of carboxylic acid groups (broad SMARTS) is 1. The Hall–Kier alpha value is -2.53. The molecule has 0 radical (unpaired) electrons. The average molecular weight is 236 g/mol. The highest BCUT2D eigenvalue weighted by Crippen LogP contribution is 2.08. The Morgan fingerprint density at radius 3 is 2.33 bits per heavy atom. The Labute approximate surface area is 106 Å². The van der Waals surface area contributed by atoms with Crippen molar-refractivity contribution in [2.24, 2.45) is 0 Å². The lowest BCUT2D eigenvalue weighted by molar-refractivity contribution is -0.136. The van der Waals surface area contributed by atoms with E-state index in [4.69, 9.17) is 5.11 Å². The summed E-state index contributed by atoms with van der Waals surface area (Å²) in [4.78, 5) is 10.7. The highest BCUT2D eigenvalue weighted by Gasteiger charge is 2.03. The molecule has 2 heteroatoms. The minimum atomic E-state index is -0.844. The second-order valence-electron chi connectivity index (χ2n) is 3.84. The number of carboxylic acids is 1. The summed E-state index contributed by atoms with van der Waals surface area (Å²) in [6, 6.07) is 17.0. The van der Waals surface area contributed by atoms with Crippen LogP contribution in [-0.2, 0) is 11.2 Å². The molecular formula is C16H12O2. The van der Waals surface area contributed by atoms with E-state index < -0.39 is 5.97 Å². The molecule has 18 heavy (non-hydrogen) atoms. The molecule has 0 aliphatic heterocycles. The summed E-state index contributed by atoms with van der Waals surface area (Å²) in [5.74, 6) is 5.21. The zero-order valence-electron chi connectivity index (χ0n) is 9.76. The molecule has 0 amide bonds. The number of hydrogen-bond acceptors (Lipinski definition) is 1. The van der Waals surface area contributed by atoms with E-state index in [2.05, 4.69) is 11.8 Å². The first-order valence-electron chi connectivity index (χ1n) is 5.62. The van der Waals surface area contributed by atoms with Gasteiger partial charge in [-0.05, 0) is 23.8 Å². The van der Waals surface area contributed by atoms with E-state index in [9.17, 15) is 4.79 Å². The van der Waals surface area contributed by atoms with Crippen LogP contribution in [0, 0.1) is 11.8 Å². The lowest BCUT2D eigenvalue weighted by Gasteiger charge is -2.00. The van der Waals surface area contributed by atoms with Crippen molar-refractivity contribution in [2.75, 3.05) is 0 Å². The van der Waals surface area contributed by atoms with E-state index in [-0.39, 0.29) is 6.42 Å². The molecule has 0 saturated carbocycles. The standard InChI is InChI=1S/C16H12O2/c17-16(18)12-15-9-5-4-8-14(15)11-10-13-6-2-1-3-7-13/h1-9H,12H2,(H,17,18). The highest BCUT2D eigenvalue weighted by atomic mass is 16.4. The van der Waals surface area contributed by atoms with Gasteiger partial charge >= 0.3 is 5.97 Å². The Morgan fingerprint density at radius 1 is 0.944 bits per heavy atom. The fraction of sp³-hybridized carbons (Fsp3) is 0.0625. The number of rotatable bonds is 2. The van der Waals surface area contributed by atoms with Gasteiger partial charge in [-0.3, -0.25) is 4.79 Å². The van der Waals surface area contributed by atoms with E-state index in [1.54, 1.807) is 6.07 Å². The molecule has 0 atom stereocenters. The minimum Gasteiger partial charge on any atom is -0.481 e. The van der Waals surface area contributed by atoms with E-state index in [1.807, 2.05) is 48.5 Å². The van der Waals surface area contributed by atoms with Gasteiger partial charge in [-0.2, -0.15) is 0 Å². The van der Waals surface area contributed by atoms with Gasteiger partial charge < -0.3 is 5.11 Å². The Balaban J connectivity index is 2.30.